The Hall–Kier alpha value is -2.32. The first-order chi connectivity index (χ1) is 14.6. The molecule has 1 aromatic rings. The van der Waals surface area contributed by atoms with Gasteiger partial charge in [-0.2, -0.15) is 0 Å². The van der Waals surface area contributed by atoms with Crippen molar-refractivity contribution in [1.29, 1.82) is 0 Å². The minimum Gasteiger partial charge on any atom is -0.492 e. The van der Waals surface area contributed by atoms with Gasteiger partial charge in [0.25, 0.3) is 0 Å². The fraction of sp³-hybridized carbons (Fsp3) is 0.636. The molecular formula is C22H36N4O4. The molecule has 0 radical (unpaired) electrons. The number of likely N-dealkylation sites (tertiary alicyclic amines) is 1. The average Bonchev–Trinajstić information content (AvgIpc) is 2.74. The summed E-state index contributed by atoms with van der Waals surface area (Å²) in [6.45, 7) is 8.78. The van der Waals surface area contributed by atoms with Gasteiger partial charge in [0.15, 0.2) is 5.96 Å². The van der Waals surface area contributed by atoms with Crippen LogP contribution >= 0.6 is 0 Å². The SMILES string of the molecule is CCNC(=NCCOc1cccc(NC(C)=O)c1)N1CCC(OCCCOC)CC1. The maximum absolute atomic E-state index is 11.2. The number of hydrogen-bond donors (Lipinski definition) is 2. The lowest BCUT2D eigenvalue weighted by molar-refractivity contribution is -0.114. The Bertz CT molecular complexity index is 660. The second kappa shape index (κ2) is 13.8. The van der Waals surface area contributed by atoms with E-state index in [9.17, 15) is 4.79 Å². The molecule has 0 aromatic heterocycles. The van der Waals surface area contributed by atoms with Gasteiger partial charge in [-0.1, -0.05) is 6.07 Å². The van der Waals surface area contributed by atoms with E-state index in [2.05, 4.69) is 22.5 Å². The van der Waals surface area contributed by atoms with Crippen molar-refractivity contribution < 1.29 is 19.0 Å². The molecule has 8 nitrogen and oxygen atoms in total. The number of aliphatic imine (C=N–C) groups is 1. The summed E-state index contributed by atoms with van der Waals surface area (Å²) < 4.78 is 16.8. The number of nitrogens with one attached hydrogen (secondary N) is 2. The summed E-state index contributed by atoms with van der Waals surface area (Å²) >= 11 is 0. The number of anilines is 1. The van der Waals surface area contributed by atoms with Gasteiger partial charge in [0, 0.05) is 58.6 Å². The number of carbonyl (C=O) groups excluding carboxylic acids is 1. The molecule has 0 aliphatic carbocycles. The van der Waals surface area contributed by atoms with Crippen LogP contribution in [0, 0.1) is 0 Å². The highest BCUT2D eigenvalue weighted by Gasteiger charge is 2.21. The van der Waals surface area contributed by atoms with Gasteiger partial charge in [0.1, 0.15) is 12.4 Å². The summed E-state index contributed by atoms with van der Waals surface area (Å²) in [5, 5.41) is 6.13. The molecule has 1 aliphatic rings. The van der Waals surface area contributed by atoms with Crippen LogP contribution in [0.3, 0.4) is 0 Å². The zero-order valence-corrected chi connectivity index (χ0v) is 18.5. The molecule has 0 saturated carbocycles. The van der Waals surface area contributed by atoms with Crippen molar-refractivity contribution in [3.8, 4) is 5.75 Å². The van der Waals surface area contributed by atoms with Gasteiger partial charge in [-0.25, -0.2) is 4.99 Å². The molecule has 168 valence electrons. The minimum absolute atomic E-state index is 0.101. The van der Waals surface area contributed by atoms with Crippen molar-refractivity contribution >= 4 is 17.6 Å². The van der Waals surface area contributed by atoms with Crippen molar-refractivity contribution in [1.82, 2.24) is 10.2 Å². The number of guanidine groups is 1. The van der Waals surface area contributed by atoms with Gasteiger partial charge in [0.2, 0.25) is 5.91 Å². The van der Waals surface area contributed by atoms with Gasteiger partial charge >= 0.3 is 0 Å². The number of methoxy groups -OCH3 is 1. The van der Waals surface area contributed by atoms with Gasteiger partial charge in [-0.05, 0) is 38.3 Å². The monoisotopic (exact) mass is 420 g/mol. The second-order valence-electron chi connectivity index (χ2n) is 7.20. The van der Waals surface area contributed by atoms with E-state index in [4.69, 9.17) is 19.2 Å². The topological polar surface area (TPSA) is 84.4 Å². The van der Waals surface area contributed by atoms with Crippen molar-refractivity contribution in [2.75, 3.05) is 58.4 Å². The number of rotatable bonds is 11. The van der Waals surface area contributed by atoms with Crippen LogP contribution in [0.4, 0.5) is 5.69 Å². The smallest absolute Gasteiger partial charge is 0.221 e. The van der Waals surface area contributed by atoms with Crippen molar-refractivity contribution in [2.24, 2.45) is 4.99 Å². The first kappa shape index (κ1) is 24.0. The normalized spacial score (nSPS) is 15.2. The van der Waals surface area contributed by atoms with E-state index in [1.54, 1.807) is 7.11 Å². The first-order valence-electron chi connectivity index (χ1n) is 10.8. The van der Waals surface area contributed by atoms with Crippen molar-refractivity contribution in [3.05, 3.63) is 24.3 Å². The minimum atomic E-state index is -0.101. The maximum atomic E-state index is 11.2. The van der Waals surface area contributed by atoms with E-state index in [0.29, 0.717) is 25.0 Å². The van der Waals surface area contributed by atoms with E-state index in [1.807, 2.05) is 24.3 Å². The lowest BCUT2D eigenvalue weighted by atomic mass is 10.1. The summed E-state index contributed by atoms with van der Waals surface area (Å²) in [6.07, 6.45) is 3.27. The molecule has 0 spiro atoms. The fourth-order valence-corrected chi connectivity index (χ4v) is 3.30. The lowest BCUT2D eigenvalue weighted by Gasteiger charge is -2.34. The largest absolute Gasteiger partial charge is 0.492 e. The predicted molar refractivity (Wildman–Crippen MR) is 119 cm³/mol. The van der Waals surface area contributed by atoms with Gasteiger partial charge in [-0.15, -0.1) is 0 Å². The van der Waals surface area contributed by atoms with Crippen LogP contribution < -0.4 is 15.4 Å². The zero-order valence-electron chi connectivity index (χ0n) is 18.5. The molecule has 1 aliphatic heterocycles. The molecule has 1 heterocycles. The predicted octanol–water partition coefficient (Wildman–Crippen LogP) is 2.51. The summed E-state index contributed by atoms with van der Waals surface area (Å²) in [4.78, 5) is 18.2. The molecule has 1 amide bonds. The van der Waals surface area contributed by atoms with E-state index < -0.39 is 0 Å². The highest BCUT2D eigenvalue weighted by Crippen LogP contribution is 2.17. The molecule has 1 saturated heterocycles. The molecule has 0 atom stereocenters. The standard InChI is InChI=1S/C22H36N4O4/c1-4-23-22(26-12-9-20(10-13-26)29-15-6-14-28-3)24-11-16-30-21-8-5-7-19(17-21)25-18(2)27/h5,7-8,17,20H,4,6,9-16H2,1-3H3,(H,23,24)(H,25,27). The van der Waals surface area contributed by atoms with Crippen LogP contribution in [0.15, 0.2) is 29.3 Å². The Kier molecular flexibility index (Phi) is 11.0. The van der Waals surface area contributed by atoms with Crippen LogP contribution in [-0.2, 0) is 14.3 Å². The molecule has 0 unspecified atom stereocenters. The Morgan fingerprint density at radius 1 is 1.23 bits per heavy atom. The number of nitrogens with zero attached hydrogens (tertiary/aromatic N) is 2. The molecule has 1 aromatic carbocycles. The molecule has 1 fully saturated rings. The Morgan fingerprint density at radius 3 is 2.73 bits per heavy atom. The van der Waals surface area contributed by atoms with Crippen molar-refractivity contribution in [3.63, 3.8) is 0 Å². The molecular weight excluding hydrogens is 384 g/mol. The molecule has 2 N–H and O–H groups in total. The zero-order chi connectivity index (χ0) is 21.6. The second-order valence-corrected chi connectivity index (χ2v) is 7.20. The first-order valence-corrected chi connectivity index (χ1v) is 10.8. The van der Waals surface area contributed by atoms with E-state index >= 15 is 0 Å². The quantitative estimate of drug-likeness (QED) is 0.325. The molecule has 8 heteroatoms. The summed E-state index contributed by atoms with van der Waals surface area (Å²) in [6, 6.07) is 7.38. The number of piperidine rings is 1. The highest BCUT2D eigenvalue weighted by molar-refractivity contribution is 5.88. The van der Waals surface area contributed by atoms with Crippen LogP contribution in [0.2, 0.25) is 0 Å². The van der Waals surface area contributed by atoms with Gasteiger partial charge in [0.05, 0.1) is 12.6 Å². The molecule has 30 heavy (non-hydrogen) atoms. The van der Waals surface area contributed by atoms with E-state index in [0.717, 1.165) is 63.8 Å². The number of ether oxygens (including phenoxy) is 3. The lowest BCUT2D eigenvalue weighted by Crippen LogP contribution is -2.47. The number of hydrogen-bond acceptors (Lipinski definition) is 5. The average molecular weight is 421 g/mol. The van der Waals surface area contributed by atoms with Gasteiger partial charge < -0.3 is 29.7 Å². The Morgan fingerprint density at radius 2 is 2.03 bits per heavy atom. The Labute approximate surface area is 180 Å². The summed E-state index contributed by atoms with van der Waals surface area (Å²) in [5.41, 5.74) is 0.726. The molecule has 0 bridgehead atoms. The van der Waals surface area contributed by atoms with Crippen LogP contribution in [0.25, 0.3) is 0 Å². The summed E-state index contributed by atoms with van der Waals surface area (Å²) in [7, 11) is 1.72. The van der Waals surface area contributed by atoms with Crippen LogP contribution in [0.1, 0.15) is 33.1 Å². The van der Waals surface area contributed by atoms with E-state index in [1.165, 1.54) is 6.92 Å². The highest BCUT2D eigenvalue weighted by atomic mass is 16.5. The number of benzene rings is 1. The maximum Gasteiger partial charge on any atom is 0.221 e. The van der Waals surface area contributed by atoms with Crippen LogP contribution in [0.5, 0.6) is 5.75 Å². The third kappa shape index (κ3) is 9.00. The number of amides is 1. The van der Waals surface area contributed by atoms with Gasteiger partial charge in [-0.3, -0.25) is 4.79 Å². The fourth-order valence-electron chi connectivity index (χ4n) is 3.30. The van der Waals surface area contributed by atoms with E-state index in [-0.39, 0.29) is 5.91 Å². The van der Waals surface area contributed by atoms with Crippen molar-refractivity contribution in [2.45, 2.75) is 39.2 Å². The van der Waals surface area contributed by atoms with Crippen LogP contribution in [-0.4, -0.2) is 76.0 Å². The molecule has 2 rings (SSSR count). The number of carbonyl (C=O) groups is 1. The third-order valence-corrected chi connectivity index (χ3v) is 4.70. The summed E-state index contributed by atoms with van der Waals surface area (Å²) in [5.74, 6) is 1.54. The third-order valence-electron chi connectivity index (χ3n) is 4.70. The Balaban J connectivity index is 1.76.